The molecule has 0 aromatic heterocycles. The second-order valence-corrected chi connectivity index (χ2v) is 4.57. The minimum absolute atomic E-state index is 0.0122. The molecule has 1 aromatic carbocycles. The Bertz CT molecular complexity index is 479. The van der Waals surface area contributed by atoms with Crippen LogP contribution in [0.1, 0.15) is 25.5 Å². The maximum atomic E-state index is 13.9. The fourth-order valence-corrected chi connectivity index (χ4v) is 2.36. The van der Waals surface area contributed by atoms with Crippen LogP contribution >= 0.6 is 0 Å². The Morgan fingerprint density at radius 2 is 2.16 bits per heavy atom. The smallest absolute Gasteiger partial charge is 0.320 e. The van der Waals surface area contributed by atoms with Gasteiger partial charge in [-0.25, -0.2) is 9.18 Å². The SMILES string of the molecule is CCOc1ccc(C2CN(CC)C(=O)N2C)cc1F. The lowest BCUT2D eigenvalue weighted by Crippen LogP contribution is -2.29. The van der Waals surface area contributed by atoms with E-state index < -0.39 is 0 Å². The van der Waals surface area contributed by atoms with Gasteiger partial charge in [0.1, 0.15) is 0 Å². The zero-order valence-electron chi connectivity index (χ0n) is 11.5. The number of likely N-dealkylation sites (N-methyl/N-ethyl adjacent to an activating group) is 2. The molecule has 4 nitrogen and oxygen atoms in total. The lowest BCUT2D eigenvalue weighted by Gasteiger charge is -2.18. The number of ether oxygens (including phenoxy) is 1. The first-order valence-corrected chi connectivity index (χ1v) is 6.52. The Labute approximate surface area is 112 Å². The highest BCUT2D eigenvalue weighted by molar-refractivity contribution is 5.77. The first-order valence-electron chi connectivity index (χ1n) is 6.52. The van der Waals surface area contributed by atoms with Crippen LogP contribution in [0.5, 0.6) is 5.75 Å². The quantitative estimate of drug-likeness (QED) is 0.839. The molecular weight excluding hydrogens is 247 g/mol. The van der Waals surface area contributed by atoms with Crippen molar-refractivity contribution in [2.45, 2.75) is 19.9 Å². The minimum atomic E-state index is -0.379. The maximum Gasteiger partial charge on any atom is 0.320 e. The number of hydrogen-bond acceptors (Lipinski definition) is 2. The van der Waals surface area contributed by atoms with Crippen molar-refractivity contribution in [1.82, 2.24) is 9.80 Å². The number of carbonyl (C=O) groups is 1. The zero-order chi connectivity index (χ0) is 14.0. The summed E-state index contributed by atoms with van der Waals surface area (Å²) in [6, 6.07) is 4.79. The standard InChI is InChI=1S/C14H19FN2O2/c1-4-17-9-12(16(3)14(17)18)10-6-7-13(19-5-2)11(15)8-10/h6-8,12H,4-5,9H2,1-3H3. The lowest BCUT2D eigenvalue weighted by atomic mass is 10.1. The zero-order valence-corrected chi connectivity index (χ0v) is 11.5. The van der Waals surface area contributed by atoms with Gasteiger partial charge >= 0.3 is 6.03 Å². The molecule has 1 aromatic rings. The fourth-order valence-electron chi connectivity index (χ4n) is 2.36. The molecule has 2 amide bonds. The Morgan fingerprint density at radius 1 is 1.42 bits per heavy atom. The van der Waals surface area contributed by atoms with Gasteiger partial charge in [0.05, 0.1) is 12.6 Å². The molecule has 1 atom stereocenters. The minimum Gasteiger partial charge on any atom is -0.491 e. The number of nitrogens with zero attached hydrogens (tertiary/aromatic N) is 2. The van der Waals surface area contributed by atoms with Gasteiger partial charge in [-0.2, -0.15) is 0 Å². The second kappa shape index (κ2) is 5.47. The average molecular weight is 266 g/mol. The van der Waals surface area contributed by atoms with E-state index in [1.165, 1.54) is 6.07 Å². The molecule has 2 rings (SSSR count). The van der Waals surface area contributed by atoms with Crippen LogP contribution in [0.4, 0.5) is 9.18 Å². The van der Waals surface area contributed by atoms with Crippen molar-refractivity contribution in [3.05, 3.63) is 29.6 Å². The van der Waals surface area contributed by atoms with Gasteiger partial charge in [-0.1, -0.05) is 6.07 Å². The van der Waals surface area contributed by atoms with E-state index in [1.807, 2.05) is 19.9 Å². The normalized spacial score (nSPS) is 19.2. The fraction of sp³-hybridized carbons (Fsp3) is 0.500. The molecule has 104 valence electrons. The van der Waals surface area contributed by atoms with Crippen LogP contribution in [0.25, 0.3) is 0 Å². The van der Waals surface area contributed by atoms with Crippen LogP contribution in [0, 0.1) is 5.82 Å². The third kappa shape index (κ3) is 2.50. The van der Waals surface area contributed by atoms with E-state index >= 15 is 0 Å². The largest absolute Gasteiger partial charge is 0.491 e. The molecule has 0 bridgehead atoms. The second-order valence-electron chi connectivity index (χ2n) is 4.57. The summed E-state index contributed by atoms with van der Waals surface area (Å²) in [5.74, 6) is -0.124. The van der Waals surface area contributed by atoms with Crippen molar-refractivity contribution < 1.29 is 13.9 Å². The third-order valence-corrected chi connectivity index (χ3v) is 3.46. The number of halogens is 1. The van der Waals surface area contributed by atoms with E-state index in [1.54, 1.807) is 22.9 Å². The summed E-state index contributed by atoms with van der Waals surface area (Å²) in [7, 11) is 1.75. The van der Waals surface area contributed by atoms with E-state index in [9.17, 15) is 9.18 Å². The molecule has 1 aliphatic heterocycles. The number of benzene rings is 1. The van der Waals surface area contributed by atoms with Gasteiger partial charge in [0, 0.05) is 20.1 Å². The van der Waals surface area contributed by atoms with E-state index in [2.05, 4.69) is 0 Å². The molecule has 0 N–H and O–H groups in total. The number of rotatable bonds is 4. The first-order chi connectivity index (χ1) is 9.08. The molecule has 1 saturated heterocycles. The van der Waals surface area contributed by atoms with Crippen molar-refractivity contribution in [2.24, 2.45) is 0 Å². The highest BCUT2D eigenvalue weighted by Gasteiger charge is 2.34. The molecule has 1 heterocycles. The maximum absolute atomic E-state index is 13.9. The van der Waals surface area contributed by atoms with E-state index in [-0.39, 0.29) is 23.6 Å². The molecule has 0 aliphatic carbocycles. The number of hydrogen-bond donors (Lipinski definition) is 0. The number of carbonyl (C=O) groups excluding carboxylic acids is 1. The van der Waals surface area contributed by atoms with Gasteiger partial charge in [-0.05, 0) is 31.5 Å². The first kappa shape index (κ1) is 13.6. The molecule has 1 aliphatic rings. The van der Waals surface area contributed by atoms with Crippen LogP contribution in [0.15, 0.2) is 18.2 Å². The summed E-state index contributed by atoms with van der Waals surface area (Å²) in [5.41, 5.74) is 0.799. The Hall–Kier alpha value is -1.78. The topological polar surface area (TPSA) is 32.8 Å². The molecule has 19 heavy (non-hydrogen) atoms. The van der Waals surface area contributed by atoms with Crippen LogP contribution in [-0.2, 0) is 0 Å². The van der Waals surface area contributed by atoms with Crippen molar-refractivity contribution >= 4 is 6.03 Å². The predicted molar refractivity (Wildman–Crippen MR) is 70.7 cm³/mol. The van der Waals surface area contributed by atoms with Crippen molar-refractivity contribution in [2.75, 3.05) is 26.7 Å². The van der Waals surface area contributed by atoms with Gasteiger partial charge in [-0.3, -0.25) is 0 Å². The van der Waals surface area contributed by atoms with Crippen LogP contribution < -0.4 is 4.74 Å². The summed E-state index contributed by atoms with van der Waals surface area (Å²) in [6.45, 7) is 5.45. The number of urea groups is 1. The molecule has 5 heteroatoms. The molecule has 0 spiro atoms. The van der Waals surface area contributed by atoms with Gasteiger partial charge in [0.25, 0.3) is 0 Å². The van der Waals surface area contributed by atoms with Gasteiger partial charge < -0.3 is 14.5 Å². The van der Waals surface area contributed by atoms with E-state index in [0.29, 0.717) is 19.7 Å². The number of amides is 2. The highest BCUT2D eigenvalue weighted by Crippen LogP contribution is 2.30. The highest BCUT2D eigenvalue weighted by atomic mass is 19.1. The molecule has 1 fully saturated rings. The lowest BCUT2D eigenvalue weighted by molar-refractivity contribution is 0.197. The van der Waals surface area contributed by atoms with Crippen molar-refractivity contribution in [1.29, 1.82) is 0 Å². The van der Waals surface area contributed by atoms with Crippen LogP contribution in [0.2, 0.25) is 0 Å². The van der Waals surface area contributed by atoms with Crippen LogP contribution in [0.3, 0.4) is 0 Å². The summed E-state index contributed by atoms with van der Waals surface area (Å²) < 4.78 is 19.0. The van der Waals surface area contributed by atoms with Crippen LogP contribution in [-0.4, -0.2) is 42.6 Å². The summed E-state index contributed by atoms with van der Waals surface area (Å²) in [6.07, 6.45) is 0. The molecule has 1 unspecified atom stereocenters. The molecule has 0 saturated carbocycles. The van der Waals surface area contributed by atoms with Crippen molar-refractivity contribution in [3.8, 4) is 5.75 Å². The van der Waals surface area contributed by atoms with Gasteiger partial charge in [0.15, 0.2) is 11.6 Å². The van der Waals surface area contributed by atoms with E-state index in [0.717, 1.165) is 5.56 Å². The van der Waals surface area contributed by atoms with Gasteiger partial charge in [-0.15, -0.1) is 0 Å². The van der Waals surface area contributed by atoms with E-state index in [4.69, 9.17) is 4.74 Å². The third-order valence-electron chi connectivity index (χ3n) is 3.46. The van der Waals surface area contributed by atoms with Crippen molar-refractivity contribution in [3.63, 3.8) is 0 Å². The summed E-state index contributed by atoms with van der Waals surface area (Å²) in [5, 5.41) is 0. The average Bonchev–Trinajstić information content (AvgIpc) is 2.69. The van der Waals surface area contributed by atoms with Gasteiger partial charge in [0.2, 0.25) is 0 Å². The predicted octanol–water partition coefficient (Wildman–Crippen LogP) is 2.65. The Kier molecular flexibility index (Phi) is 3.93. The molecular formula is C14H19FN2O2. The summed E-state index contributed by atoms with van der Waals surface area (Å²) in [4.78, 5) is 15.3. The summed E-state index contributed by atoms with van der Waals surface area (Å²) >= 11 is 0. The Morgan fingerprint density at radius 3 is 2.68 bits per heavy atom. The molecule has 0 radical (unpaired) electrons. The monoisotopic (exact) mass is 266 g/mol. The Balaban J connectivity index is 2.23.